The highest BCUT2D eigenvalue weighted by Gasteiger charge is 2.31. The summed E-state index contributed by atoms with van der Waals surface area (Å²) in [6.07, 6.45) is 5.86. The second-order valence-corrected chi connectivity index (χ2v) is 7.04. The number of hydrogen-bond donors (Lipinski definition) is 0. The summed E-state index contributed by atoms with van der Waals surface area (Å²) >= 11 is 4.94. The number of nitrogens with zero attached hydrogens (tertiary/aromatic N) is 1. The fourth-order valence-corrected chi connectivity index (χ4v) is 3.57. The molecule has 6 heteroatoms. The topological polar surface area (TPSA) is 46.6 Å². The van der Waals surface area contributed by atoms with Crippen LogP contribution in [0.5, 0.6) is 0 Å². The smallest absolute Gasteiger partial charge is 0.328 e. The maximum absolute atomic E-state index is 12.2. The minimum atomic E-state index is -0.444. The lowest BCUT2D eigenvalue weighted by molar-refractivity contribution is -0.153. The first-order valence-corrected chi connectivity index (χ1v) is 8.04. The number of piperidine rings is 1. The van der Waals surface area contributed by atoms with E-state index in [9.17, 15) is 9.59 Å². The van der Waals surface area contributed by atoms with Crippen LogP contribution in [0.1, 0.15) is 24.1 Å². The van der Waals surface area contributed by atoms with Gasteiger partial charge in [0.05, 0.1) is 10.9 Å². The molecular weight excluding hydrogens is 342 g/mol. The van der Waals surface area contributed by atoms with Gasteiger partial charge in [0.25, 0.3) is 0 Å². The van der Waals surface area contributed by atoms with Crippen molar-refractivity contribution in [2.45, 2.75) is 25.3 Å². The number of methoxy groups -OCH3 is 1. The van der Waals surface area contributed by atoms with Gasteiger partial charge in [-0.15, -0.1) is 11.3 Å². The van der Waals surface area contributed by atoms with Gasteiger partial charge in [-0.05, 0) is 53.4 Å². The molecule has 0 N–H and O–H groups in total. The van der Waals surface area contributed by atoms with E-state index >= 15 is 0 Å². The van der Waals surface area contributed by atoms with Crippen LogP contribution < -0.4 is 0 Å². The van der Waals surface area contributed by atoms with Crippen molar-refractivity contribution in [3.63, 3.8) is 0 Å². The van der Waals surface area contributed by atoms with E-state index in [1.165, 1.54) is 13.2 Å². The Morgan fingerprint density at radius 1 is 1.45 bits per heavy atom. The van der Waals surface area contributed by atoms with Crippen LogP contribution >= 0.6 is 27.3 Å². The number of hydrogen-bond acceptors (Lipinski definition) is 4. The van der Waals surface area contributed by atoms with Crippen LogP contribution in [0.2, 0.25) is 0 Å². The molecule has 20 heavy (non-hydrogen) atoms. The Bertz CT molecular complexity index is 526. The SMILES string of the molecule is COC(=O)C1CCCCN1C(=O)/C=C/c1ccc(Br)s1. The summed E-state index contributed by atoms with van der Waals surface area (Å²) in [6.45, 7) is 0.608. The van der Waals surface area contributed by atoms with Crippen molar-refractivity contribution < 1.29 is 14.3 Å². The molecule has 1 aliphatic rings. The number of ether oxygens (including phenoxy) is 1. The lowest BCUT2D eigenvalue weighted by Gasteiger charge is -2.32. The summed E-state index contributed by atoms with van der Waals surface area (Å²) in [5, 5.41) is 0. The quantitative estimate of drug-likeness (QED) is 0.616. The largest absolute Gasteiger partial charge is 0.467 e. The van der Waals surface area contributed by atoms with Gasteiger partial charge in [0.1, 0.15) is 6.04 Å². The van der Waals surface area contributed by atoms with Crippen LogP contribution in [-0.4, -0.2) is 36.5 Å². The van der Waals surface area contributed by atoms with E-state index in [4.69, 9.17) is 4.74 Å². The molecule has 0 radical (unpaired) electrons. The second kappa shape index (κ2) is 7.04. The molecule has 1 atom stereocenters. The van der Waals surface area contributed by atoms with E-state index in [2.05, 4.69) is 15.9 Å². The van der Waals surface area contributed by atoms with Crippen molar-refractivity contribution >= 4 is 45.2 Å². The monoisotopic (exact) mass is 357 g/mol. The number of carbonyl (C=O) groups is 2. The van der Waals surface area contributed by atoms with Crippen LogP contribution in [0.25, 0.3) is 6.08 Å². The Labute approximate surface area is 130 Å². The van der Waals surface area contributed by atoms with Gasteiger partial charge in [-0.1, -0.05) is 0 Å². The van der Waals surface area contributed by atoms with Crippen molar-refractivity contribution in [1.82, 2.24) is 4.90 Å². The molecule has 0 bridgehead atoms. The third-order valence-electron chi connectivity index (χ3n) is 3.24. The molecule has 4 nitrogen and oxygen atoms in total. The normalized spacial score (nSPS) is 19.3. The molecule has 1 unspecified atom stereocenters. The predicted octanol–water partition coefficient (Wildman–Crippen LogP) is 3.08. The number of esters is 1. The lowest BCUT2D eigenvalue weighted by atomic mass is 10.0. The summed E-state index contributed by atoms with van der Waals surface area (Å²) in [5.74, 6) is -0.463. The molecule has 0 saturated carbocycles. The van der Waals surface area contributed by atoms with Crippen LogP contribution in [0.4, 0.5) is 0 Å². The first-order valence-electron chi connectivity index (χ1n) is 6.43. The zero-order chi connectivity index (χ0) is 14.5. The summed E-state index contributed by atoms with van der Waals surface area (Å²) in [6, 6.07) is 3.43. The Kier molecular flexibility index (Phi) is 5.37. The molecule has 1 amide bonds. The first-order chi connectivity index (χ1) is 9.61. The van der Waals surface area contributed by atoms with Crippen LogP contribution in [0.15, 0.2) is 22.0 Å². The number of rotatable bonds is 3. The van der Waals surface area contributed by atoms with E-state index in [1.54, 1.807) is 22.3 Å². The standard InChI is InChI=1S/C14H16BrNO3S/c1-19-14(18)11-4-2-3-9-16(11)13(17)8-6-10-5-7-12(15)20-10/h5-8,11H,2-4,9H2,1H3/b8-6+. The van der Waals surface area contributed by atoms with Gasteiger partial charge in [0.2, 0.25) is 5.91 Å². The van der Waals surface area contributed by atoms with Crippen LogP contribution in [0.3, 0.4) is 0 Å². The first kappa shape index (κ1) is 15.3. The van der Waals surface area contributed by atoms with E-state index in [1.807, 2.05) is 12.1 Å². The molecule has 0 spiro atoms. The Morgan fingerprint density at radius 2 is 2.25 bits per heavy atom. The predicted molar refractivity (Wildman–Crippen MR) is 82.4 cm³/mol. The lowest BCUT2D eigenvalue weighted by Crippen LogP contribution is -2.47. The Hall–Kier alpha value is -1.14. The highest BCUT2D eigenvalue weighted by Crippen LogP contribution is 2.23. The summed E-state index contributed by atoms with van der Waals surface area (Å²) < 4.78 is 5.80. The molecule has 2 rings (SSSR count). The second-order valence-electron chi connectivity index (χ2n) is 4.54. The van der Waals surface area contributed by atoms with Gasteiger partial charge >= 0.3 is 5.97 Å². The maximum atomic E-state index is 12.2. The van der Waals surface area contributed by atoms with Crippen molar-refractivity contribution in [3.8, 4) is 0 Å². The van der Waals surface area contributed by atoms with Crippen molar-refractivity contribution in [3.05, 3.63) is 26.9 Å². The Morgan fingerprint density at radius 3 is 2.90 bits per heavy atom. The Balaban J connectivity index is 2.06. The van der Waals surface area contributed by atoms with Crippen LogP contribution in [-0.2, 0) is 14.3 Å². The number of likely N-dealkylation sites (tertiary alicyclic amines) is 1. The van der Waals surface area contributed by atoms with Crippen molar-refractivity contribution in [1.29, 1.82) is 0 Å². The fraction of sp³-hybridized carbons (Fsp3) is 0.429. The molecule has 0 aromatic carbocycles. The average molecular weight is 358 g/mol. The van der Waals surface area contributed by atoms with Gasteiger partial charge in [0.15, 0.2) is 0 Å². The number of amides is 1. The third kappa shape index (κ3) is 3.70. The molecule has 1 aromatic heterocycles. The highest BCUT2D eigenvalue weighted by atomic mass is 79.9. The van der Waals surface area contributed by atoms with Gasteiger partial charge in [-0.25, -0.2) is 4.79 Å². The molecule has 1 fully saturated rings. The average Bonchev–Trinajstić information content (AvgIpc) is 2.89. The van der Waals surface area contributed by atoms with Gasteiger partial charge in [0, 0.05) is 17.5 Å². The molecule has 0 aliphatic carbocycles. The van der Waals surface area contributed by atoms with Gasteiger partial charge in [-0.3, -0.25) is 4.79 Å². The van der Waals surface area contributed by atoms with Crippen molar-refractivity contribution in [2.24, 2.45) is 0 Å². The van der Waals surface area contributed by atoms with Crippen molar-refractivity contribution in [2.75, 3.05) is 13.7 Å². The molecule has 1 saturated heterocycles. The summed E-state index contributed by atoms with van der Waals surface area (Å²) in [5.41, 5.74) is 0. The molecular formula is C14H16BrNO3S. The number of halogens is 1. The molecule has 1 aromatic rings. The third-order valence-corrected chi connectivity index (χ3v) is 4.83. The number of carbonyl (C=O) groups excluding carboxylic acids is 2. The zero-order valence-electron chi connectivity index (χ0n) is 11.2. The van der Waals surface area contributed by atoms with Gasteiger partial charge in [-0.2, -0.15) is 0 Å². The van der Waals surface area contributed by atoms with Crippen LogP contribution in [0, 0.1) is 0 Å². The molecule has 1 aliphatic heterocycles. The minimum Gasteiger partial charge on any atom is -0.467 e. The van der Waals surface area contributed by atoms with E-state index in [0.29, 0.717) is 13.0 Å². The minimum absolute atomic E-state index is 0.135. The molecule has 2 heterocycles. The fourth-order valence-electron chi connectivity index (χ4n) is 2.24. The summed E-state index contributed by atoms with van der Waals surface area (Å²) in [7, 11) is 1.36. The van der Waals surface area contributed by atoms with Gasteiger partial charge < -0.3 is 9.64 Å². The number of thiophene rings is 1. The zero-order valence-corrected chi connectivity index (χ0v) is 13.6. The highest BCUT2D eigenvalue weighted by molar-refractivity contribution is 9.11. The summed E-state index contributed by atoms with van der Waals surface area (Å²) in [4.78, 5) is 26.6. The van der Waals surface area contributed by atoms with E-state index in [0.717, 1.165) is 21.5 Å². The molecule has 108 valence electrons. The van der Waals surface area contributed by atoms with E-state index in [-0.39, 0.29) is 11.9 Å². The van der Waals surface area contributed by atoms with E-state index < -0.39 is 6.04 Å². The maximum Gasteiger partial charge on any atom is 0.328 e.